The molecule has 0 atom stereocenters. The number of aromatic nitrogens is 4. The van der Waals surface area contributed by atoms with Gasteiger partial charge in [-0.1, -0.05) is 13.8 Å². The Morgan fingerprint density at radius 2 is 2.27 bits per heavy atom. The molecule has 6 heteroatoms. The maximum atomic E-state index is 4.94. The first-order chi connectivity index (χ1) is 7.24. The molecule has 1 rings (SSSR count). The average Bonchev–Trinajstić information content (AvgIpc) is 2.59. The molecule has 0 amide bonds. The molecular weight excluding hydrogens is 194 g/mol. The molecule has 0 aliphatic carbocycles. The first-order valence-electron chi connectivity index (χ1n) is 5.18. The third kappa shape index (κ3) is 4.35. The zero-order chi connectivity index (χ0) is 11.1. The van der Waals surface area contributed by atoms with Crippen molar-refractivity contribution in [2.75, 3.05) is 20.3 Å². The maximum Gasteiger partial charge on any atom is 0.165 e. The van der Waals surface area contributed by atoms with Crippen LogP contribution >= 0.6 is 0 Å². The summed E-state index contributed by atoms with van der Waals surface area (Å²) >= 11 is 0. The van der Waals surface area contributed by atoms with Crippen LogP contribution in [0.4, 0.5) is 0 Å². The van der Waals surface area contributed by atoms with Gasteiger partial charge in [0.25, 0.3) is 0 Å². The van der Waals surface area contributed by atoms with Crippen LogP contribution in [0.5, 0.6) is 0 Å². The van der Waals surface area contributed by atoms with Crippen molar-refractivity contribution in [3.63, 3.8) is 0 Å². The van der Waals surface area contributed by atoms with Crippen LogP contribution in [-0.4, -0.2) is 40.5 Å². The number of hydrogen-bond acceptors (Lipinski definition) is 5. The summed E-state index contributed by atoms with van der Waals surface area (Å²) < 4.78 is 6.77. The van der Waals surface area contributed by atoms with E-state index in [0.717, 1.165) is 18.9 Å². The second-order valence-electron chi connectivity index (χ2n) is 3.84. The lowest BCUT2D eigenvalue weighted by atomic mass is 10.2. The number of methoxy groups -OCH3 is 1. The third-order valence-corrected chi connectivity index (χ3v) is 1.91. The SMILES string of the molecule is COCCNCc1nnnn1CC(C)C. The highest BCUT2D eigenvalue weighted by molar-refractivity contribution is 4.79. The molecule has 86 valence electrons. The molecule has 1 aromatic heterocycles. The molecule has 1 N–H and O–H groups in total. The fraction of sp³-hybridized carbons (Fsp3) is 0.889. The normalized spacial score (nSPS) is 11.2. The molecule has 1 heterocycles. The quantitative estimate of drug-likeness (QED) is 0.649. The van der Waals surface area contributed by atoms with Gasteiger partial charge < -0.3 is 10.1 Å². The summed E-state index contributed by atoms with van der Waals surface area (Å²) in [7, 11) is 1.69. The molecule has 1 aromatic rings. The van der Waals surface area contributed by atoms with Crippen molar-refractivity contribution < 1.29 is 4.74 Å². The van der Waals surface area contributed by atoms with E-state index in [1.54, 1.807) is 7.11 Å². The van der Waals surface area contributed by atoms with Crippen molar-refractivity contribution in [2.24, 2.45) is 5.92 Å². The topological polar surface area (TPSA) is 64.9 Å². The highest BCUT2D eigenvalue weighted by Gasteiger charge is 2.06. The summed E-state index contributed by atoms with van der Waals surface area (Å²) in [5.74, 6) is 1.42. The van der Waals surface area contributed by atoms with Crippen molar-refractivity contribution in [3.8, 4) is 0 Å². The van der Waals surface area contributed by atoms with Gasteiger partial charge >= 0.3 is 0 Å². The van der Waals surface area contributed by atoms with E-state index in [1.165, 1.54) is 0 Å². The van der Waals surface area contributed by atoms with E-state index in [1.807, 2.05) is 4.68 Å². The second kappa shape index (κ2) is 6.47. The van der Waals surface area contributed by atoms with Gasteiger partial charge in [-0.2, -0.15) is 0 Å². The van der Waals surface area contributed by atoms with E-state index in [9.17, 15) is 0 Å². The predicted molar refractivity (Wildman–Crippen MR) is 56.2 cm³/mol. The lowest BCUT2D eigenvalue weighted by Gasteiger charge is -2.07. The van der Waals surface area contributed by atoms with Gasteiger partial charge in [0.05, 0.1) is 13.2 Å². The van der Waals surface area contributed by atoms with E-state index < -0.39 is 0 Å². The van der Waals surface area contributed by atoms with Gasteiger partial charge in [-0.15, -0.1) is 5.10 Å². The first-order valence-corrected chi connectivity index (χ1v) is 5.18. The minimum Gasteiger partial charge on any atom is -0.383 e. The molecule has 0 radical (unpaired) electrons. The maximum absolute atomic E-state index is 4.94. The Morgan fingerprint density at radius 3 is 2.93 bits per heavy atom. The van der Waals surface area contributed by atoms with Gasteiger partial charge in [0.15, 0.2) is 5.82 Å². The van der Waals surface area contributed by atoms with Crippen LogP contribution in [0.3, 0.4) is 0 Å². The van der Waals surface area contributed by atoms with E-state index in [-0.39, 0.29) is 0 Å². The Kier molecular flexibility index (Phi) is 5.20. The van der Waals surface area contributed by atoms with Gasteiger partial charge in [-0.3, -0.25) is 0 Å². The molecule has 0 aromatic carbocycles. The number of nitrogens with one attached hydrogen (secondary N) is 1. The third-order valence-electron chi connectivity index (χ3n) is 1.91. The molecule has 15 heavy (non-hydrogen) atoms. The summed E-state index contributed by atoms with van der Waals surface area (Å²) in [4.78, 5) is 0. The minimum atomic E-state index is 0.547. The standard InChI is InChI=1S/C9H19N5O/c1-8(2)7-14-9(11-12-13-14)6-10-4-5-15-3/h8,10H,4-7H2,1-3H3. The van der Waals surface area contributed by atoms with Crippen molar-refractivity contribution in [1.82, 2.24) is 25.5 Å². The van der Waals surface area contributed by atoms with Crippen LogP contribution in [-0.2, 0) is 17.8 Å². The predicted octanol–water partition coefficient (Wildman–Crippen LogP) is 0.0651. The highest BCUT2D eigenvalue weighted by Crippen LogP contribution is 1.99. The van der Waals surface area contributed by atoms with Gasteiger partial charge in [0.1, 0.15) is 0 Å². The van der Waals surface area contributed by atoms with Crippen molar-refractivity contribution in [3.05, 3.63) is 5.82 Å². The molecule has 0 bridgehead atoms. The Balaban J connectivity index is 2.36. The summed E-state index contributed by atoms with van der Waals surface area (Å²) in [6.07, 6.45) is 0. The smallest absolute Gasteiger partial charge is 0.165 e. The number of tetrazole rings is 1. The molecule has 0 unspecified atom stereocenters. The molecule has 0 saturated heterocycles. The molecule has 0 aliphatic heterocycles. The molecular formula is C9H19N5O. The van der Waals surface area contributed by atoms with E-state index >= 15 is 0 Å². The van der Waals surface area contributed by atoms with Gasteiger partial charge in [-0.25, -0.2) is 4.68 Å². The zero-order valence-corrected chi connectivity index (χ0v) is 9.60. The van der Waals surface area contributed by atoms with Crippen molar-refractivity contribution in [1.29, 1.82) is 0 Å². The Bertz CT molecular complexity index is 273. The first kappa shape index (κ1) is 12.1. The summed E-state index contributed by atoms with van der Waals surface area (Å²) in [6, 6.07) is 0. The summed E-state index contributed by atoms with van der Waals surface area (Å²) in [5.41, 5.74) is 0. The Labute approximate surface area is 90.0 Å². The molecule has 0 fully saturated rings. The fourth-order valence-electron chi connectivity index (χ4n) is 1.21. The number of rotatable bonds is 7. The lowest BCUT2D eigenvalue weighted by Crippen LogP contribution is -2.22. The van der Waals surface area contributed by atoms with Crippen molar-refractivity contribution >= 4 is 0 Å². The average molecular weight is 213 g/mol. The van der Waals surface area contributed by atoms with Crippen LogP contribution in [0.1, 0.15) is 19.7 Å². The zero-order valence-electron chi connectivity index (χ0n) is 9.60. The highest BCUT2D eigenvalue weighted by atomic mass is 16.5. The molecule has 0 saturated carbocycles. The lowest BCUT2D eigenvalue weighted by molar-refractivity contribution is 0.198. The fourth-order valence-corrected chi connectivity index (χ4v) is 1.21. The van der Waals surface area contributed by atoms with Crippen LogP contribution in [0.15, 0.2) is 0 Å². The summed E-state index contributed by atoms with van der Waals surface area (Å²) in [6.45, 7) is 7.34. The monoisotopic (exact) mass is 213 g/mol. The van der Waals surface area contributed by atoms with Crippen molar-refractivity contribution in [2.45, 2.75) is 26.9 Å². The van der Waals surface area contributed by atoms with E-state index in [2.05, 4.69) is 34.7 Å². The van der Waals surface area contributed by atoms with Gasteiger partial charge in [0.2, 0.25) is 0 Å². The summed E-state index contributed by atoms with van der Waals surface area (Å²) in [5, 5.41) is 14.8. The van der Waals surface area contributed by atoms with Crippen LogP contribution < -0.4 is 5.32 Å². The molecule has 0 spiro atoms. The minimum absolute atomic E-state index is 0.547. The van der Waals surface area contributed by atoms with Gasteiger partial charge in [-0.05, 0) is 16.3 Å². The Hall–Kier alpha value is -1.01. The van der Waals surface area contributed by atoms with Crippen LogP contribution in [0.25, 0.3) is 0 Å². The largest absolute Gasteiger partial charge is 0.383 e. The van der Waals surface area contributed by atoms with Gasteiger partial charge in [0, 0.05) is 20.2 Å². The number of nitrogens with zero attached hydrogens (tertiary/aromatic N) is 4. The van der Waals surface area contributed by atoms with Crippen LogP contribution in [0, 0.1) is 5.92 Å². The van der Waals surface area contributed by atoms with Crippen LogP contribution in [0.2, 0.25) is 0 Å². The second-order valence-corrected chi connectivity index (χ2v) is 3.84. The number of ether oxygens (including phenoxy) is 1. The van der Waals surface area contributed by atoms with E-state index in [4.69, 9.17) is 4.74 Å². The molecule has 0 aliphatic rings. The molecule has 6 nitrogen and oxygen atoms in total. The number of hydrogen-bond donors (Lipinski definition) is 1. The van der Waals surface area contributed by atoms with E-state index in [0.29, 0.717) is 19.1 Å². The Morgan fingerprint density at radius 1 is 1.47 bits per heavy atom.